The summed E-state index contributed by atoms with van der Waals surface area (Å²) in [4.78, 5) is 11.9. The van der Waals surface area contributed by atoms with E-state index in [9.17, 15) is 9.90 Å². The van der Waals surface area contributed by atoms with Crippen LogP contribution >= 0.6 is 0 Å². The van der Waals surface area contributed by atoms with Crippen LogP contribution in [-0.2, 0) is 9.53 Å². The lowest BCUT2D eigenvalue weighted by atomic mass is 10.3. The number of rotatable bonds is 3. The Labute approximate surface area is 70.5 Å². The first-order valence-corrected chi connectivity index (χ1v) is 3.92. The third kappa shape index (κ3) is 2.77. The first-order valence-electron chi connectivity index (χ1n) is 3.92. The van der Waals surface area contributed by atoms with E-state index >= 15 is 0 Å². The van der Waals surface area contributed by atoms with E-state index in [1.165, 1.54) is 0 Å². The number of ether oxygens (including phenoxy) is 1. The number of aliphatic carboxylic acids is 1. The van der Waals surface area contributed by atoms with Crippen molar-refractivity contribution in [3.63, 3.8) is 0 Å². The molecular weight excluding hydrogens is 162 g/mol. The molecule has 0 bridgehead atoms. The van der Waals surface area contributed by atoms with Crippen LogP contribution in [0, 0.1) is 0 Å². The lowest BCUT2D eigenvalue weighted by Gasteiger charge is -2.30. The molecule has 0 aromatic heterocycles. The lowest BCUT2D eigenvalue weighted by molar-refractivity contribution is -0.144. The van der Waals surface area contributed by atoms with Crippen molar-refractivity contribution in [1.29, 1.82) is 0 Å². The van der Waals surface area contributed by atoms with Crippen molar-refractivity contribution < 1.29 is 19.7 Å². The lowest BCUT2D eigenvalue weighted by Crippen LogP contribution is -2.44. The first kappa shape index (κ1) is 9.44. The first-order chi connectivity index (χ1) is 5.70. The van der Waals surface area contributed by atoms with Gasteiger partial charge in [-0.15, -0.1) is 0 Å². The molecule has 1 heterocycles. The predicted molar refractivity (Wildman–Crippen MR) is 40.7 cm³/mol. The molecule has 0 saturated carbocycles. The Kier molecular flexibility index (Phi) is 3.46. The standard InChI is InChI=1S/C7H13NO4/c9-6(5-7(10)11)8-1-3-12-4-2-8/h6,9H,1-5H2,(H,10,11). The number of hydrogen-bond acceptors (Lipinski definition) is 4. The number of aliphatic hydroxyl groups excluding tert-OH is 1. The molecule has 1 aliphatic heterocycles. The van der Waals surface area contributed by atoms with Crippen LogP contribution in [0.4, 0.5) is 0 Å². The second-order valence-electron chi connectivity index (χ2n) is 2.73. The quantitative estimate of drug-likeness (QED) is 0.582. The zero-order valence-corrected chi connectivity index (χ0v) is 6.77. The second kappa shape index (κ2) is 4.39. The van der Waals surface area contributed by atoms with Gasteiger partial charge < -0.3 is 14.9 Å². The Bertz CT molecular complexity index is 155. The van der Waals surface area contributed by atoms with Crippen LogP contribution in [0.2, 0.25) is 0 Å². The van der Waals surface area contributed by atoms with E-state index in [-0.39, 0.29) is 6.42 Å². The molecule has 0 amide bonds. The van der Waals surface area contributed by atoms with E-state index in [4.69, 9.17) is 9.84 Å². The molecule has 1 fully saturated rings. The van der Waals surface area contributed by atoms with Crippen molar-refractivity contribution in [2.45, 2.75) is 12.6 Å². The molecule has 0 aromatic carbocycles. The highest BCUT2D eigenvalue weighted by molar-refractivity contribution is 5.67. The predicted octanol–water partition coefficient (Wildman–Crippen LogP) is -0.888. The SMILES string of the molecule is O=C(O)CC(O)N1CCOCC1. The minimum Gasteiger partial charge on any atom is -0.481 e. The maximum Gasteiger partial charge on any atom is 0.307 e. The fraction of sp³-hybridized carbons (Fsp3) is 0.857. The Morgan fingerprint density at radius 3 is 2.58 bits per heavy atom. The van der Waals surface area contributed by atoms with Gasteiger partial charge in [-0.05, 0) is 0 Å². The molecule has 5 nitrogen and oxygen atoms in total. The number of carboxylic acids is 1. The van der Waals surface area contributed by atoms with Gasteiger partial charge in [0.25, 0.3) is 0 Å². The molecule has 0 radical (unpaired) electrons. The monoisotopic (exact) mass is 175 g/mol. The van der Waals surface area contributed by atoms with Crippen molar-refractivity contribution in [2.24, 2.45) is 0 Å². The van der Waals surface area contributed by atoms with Crippen molar-refractivity contribution in [1.82, 2.24) is 4.90 Å². The highest BCUT2D eigenvalue weighted by atomic mass is 16.5. The third-order valence-corrected chi connectivity index (χ3v) is 1.82. The summed E-state index contributed by atoms with van der Waals surface area (Å²) in [6, 6.07) is 0. The van der Waals surface area contributed by atoms with Gasteiger partial charge in [0, 0.05) is 13.1 Å². The van der Waals surface area contributed by atoms with Crippen LogP contribution in [0.1, 0.15) is 6.42 Å². The molecule has 1 unspecified atom stereocenters. The molecule has 0 aliphatic carbocycles. The summed E-state index contributed by atoms with van der Waals surface area (Å²) < 4.78 is 5.05. The number of carboxylic acid groups (broad SMARTS) is 1. The minimum absolute atomic E-state index is 0.222. The van der Waals surface area contributed by atoms with Gasteiger partial charge in [-0.3, -0.25) is 9.69 Å². The molecule has 0 aromatic rings. The Morgan fingerprint density at radius 2 is 2.08 bits per heavy atom. The van der Waals surface area contributed by atoms with Gasteiger partial charge in [-0.25, -0.2) is 0 Å². The molecule has 2 N–H and O–H groups in total. The fourth-order valence-corrected chi connectivity index (χ4v) is 1.16. The normalized spacial score (nSPS) is 22.1. The Morgan fingerprint density at radius 1 is 1.50 bits per heavy atom. The molecule has 12 heavy (non-hydrogen) atoms. The van der Waals surface area contributed by atoms with Gasteiger partial charge in [-0.2, -0.15) is 0 Å². The summed E-state index contributed by atoms with van der Waals surface area (Å²) in [5, 5.41) is 17.7. The number of aliphatic hydroxyl groups is 1. The van der Waals surface area contributed by atoms with E-state index < -0.39 is 12.2 Å². The summed E-state index contributed by atoms with van der Waals surface area (Å²) in [6.07, 6.45) is -1.09. The van der Waals surface area contributed by atoms with Crippen LogP contribution in [-0.4, -0.2) is 53.6 Å². The van der Waals surface area contributed by atoms with Crippen LogP contribution in [0.3, 0.4) is 0 Å². The van der Waals surface area contributed by atoms with Gasteiger partial charge in [0.1, 0.15) is 6.23 Å². The summed E-state index contributed by atoms with van der Waals surface area (Å²) >= 11 is 0. The van der Waals surface area contributed by atoms with Crippen molar-refractivity contribution in [3.8, 4) is 0 Å². The number of hydrogen-bond donors (Lipinski definition) is 2. The molecule has 0 spiro atoms. The topological polar surface area (TPSA) is 70.0 Å². The van der Waals surface area contributed by atoms with E-state index in [2.05, 4.69) is 0 Å². The number of morpholine rings is 1. The Balaban J connectivity index is 2.29. The number of nitrogens with zero attached hydrogens (tertiary/aromatic N) is 1. The summed E-state index contributed by atoms with van der Waals surface area (Å²) in [6.45, 7) is 2.34. The molecule has 1 saturated heterocycles. The average molecular weight is 175 g/mol. The van der Waals surface area contributed by atoms with Gasteiger partial charge >= 0.3 is 5.97 Å². The van der Waals surface area contributed by atoms with Gasteiger partial charge in [0.15, 0.2) is 0 Å². The Hall–Kier alpha value is -0.650. The highest BCUT2D eigenvalue weighted by Gasteiger charge is 2.20. The molecule has 1 rings (SSSR count). The summed E-state index contributed by atoms with van der Waals surface area (Å²) in [5.41, 5.74) is 0. The number of carbonyl (C=O) groups is 1. The zero-order valence-electron chi connectivity index (χ0n) is 6.77. The molecular formula is C7H13NO4. The van der Waals surface area contributed by atoms with E-state index in [0.29, 0.717) is 26.3 Å². The highest BCUT2D eigenvalue weighted by Crippen LogP contribution is 2.04. The van der Waals surface area contributed by atoms with E-state index in [1.807, 2.05) is 0 Å². The maximum atomic E-state index is 10.2. The second-order valence-corrected chi connectivity index (χ2v) is 2.73. The van der Waals surface area contributed by atoms with Gasteiger partial charge in [0.2, 0.25) is 0 Å². The van der Waals surface area contributed by atoms with E-state index in [0.717, 1.165) is 0 Å². The summed E-state index contributed by atoms with van der Waals surface area (Å²) in [7, 11) is 0. The molecule has 5 heteroatoms. The van der Waals surface area contributed by atoms with Crippen LogP contribution in [0.5, 0.6) is 0 Å². The fourth-order valence-electron chi connectivity index (χ4n) is 1.16. The molecule has 1 atom stereocenters. The smallest absolute Gasteiger partial charge is 0.307 e. The molecule has 70 valence electrons. The van der Waals surface area contributed by atoms with E-state index in [1.54, 1.807) is 4.90 Å². The van der Waals surface area contributed by atoms with Crippen molar-refractivity contribution in [2.75, 3.05) is 26.3 Å². The maximum absolute atomic E-state index is 10.2. The zero-order chi connectivity index (χ0) is 8.97. The third-order valence-electron chi connectivity index (χ3n) is 1.82. The van der Waals surface area contributed by atoms with Crippen LogP contribution in [0.15, 0.2) is 0 Å². The molecule has 1 aliphatic rings. The minimum atomic E-state index is -0.978. The van der Waals surface area contributed by atoms with Crippen molar-refractivity contribution in [3.05, 3.63) is 0 Å². The van der Waals surface area contributed by atoms with Crippen LogP contribution in [0.25, 0.3) is 0 Å². The van der Waals surface area contributed by atoms with Crippen LogP contribution < -0.4 is 0 Å². The largest absolute Gasteiger partial charge is 0.481 e. The van der Waals surface area contributed by atoms with Gasteiger partial charge in [-0.1, -0.05) is 0 Å². The van der Waals surface area contributed by atoms with Gasteiger partial charge in [0.05, 0.1) is 19.6 Å². The van der Waals surface area contributed by atoms with Crippen molar-refractivity contribution >= 4 is 5.97 Å². The summed E-state index contributed by atoms with van der Waals surface area (Å²) in [5.74, 6) is -0.978. The average Bonchev–Trinajstić information content (AvgIpc) is 2.05.